The summed E-state index contributed by atoms with van der Waals surface area (Å²) in [6.07, 6.45) is 11.4. The molecule has 0 aliphatic heterocycles. The molecule has 10 heteroatoms. The van der Waals surface area contributed by atoms with Gasteiger partial charge in [-0.05, 0) is 124 Å². The molecule has 0 bridgehead atoms. The van der Waals surface area contributed by atoms with E-state index in [1.807, 2.05) is 66.5 Å². The van der Waals surface area contributed by atoms with Crippen LogP contribution in [0, 0.1) is 41.5 Å². The molecule has 0 atom stereocenters. The molecule has 0 radical (unpaired) electrons. The van der Waals surface area contributed by atoms with Gasteiger partial charge in [0.05, 0.1) is 0 Å². The molecule has 0 saturated carbocycles. The van der Waals surface area contributed by atoms with Crippen LogP contribution in [0.1, 0.15) is 44.5 Å². The van der Waals surface area contributed by atoms with Crippen LogP contribution in [0.5, 0.6) is 0 Å². The fourth-order valence-corrected chi connectivity index (χ4v) is 9.12. The molecule has 0 saturated heterocycles. The lowest BCUT2D eigenvalue weighted by molar-refractivity contribution is -0.427. The molecule has 2 N–H and O–H groups in total. The second-order valence-corrected chi connectivity index (χ2v) is 16.0. The lowest BCUT2D eigenvalue weighted by Gasteiger charge is -2.29. The van der Waals surface area contributed by atoms with Crippen LogP contribution in [0.3, 0.4) is 0 Å². The van der Waals surface area contributed by atoms with Gasteiger partial charge in [-0.1, -0.05) is 54.6 Å². The number of benzene rings is 4. The maximum Gasteiger partial charge on any atom is 0.295 e. The number of aryl methyl sites for hydroxylation is 5. The number of nitrogens with zero attached hydrogens (tertiary/aromatic N) is 2. The molecule has 0 unspecified atom stereocenters. The van der Waals surface area contributed by atoms with Crippen molar-refractivity contribution < 1.29 is 30.5 Å². The maximum absolute atomic E-state index is 12.7. The van der Waals surface area contributed by atoms with E-state index in [1.165, 1.54) is 11.6 Å². The van der Waals surface area contributed by atoms with Crippen molar-refractivity contribution in [1.82, 2.24) is 0 Å². The van der Waals surface area contributed by atoms with E-state index in [2.05, 4.69) is 50.6 Å². The Bertz CT molecular complexity index is 2450. The van der Waals surface area contributed by atoms with Crippen molar-refractivity contribution in [3.63, 3.8) is 0 Å². The third-order valence-corrected chi connectivity index (χ3v) is 11.3. The summed E-state index contributed by atoms with van der Waals surface area (Å²) in [4.78, 5) is 1.56. The molecule has 53 heavy (non-hydrogen) atoms. The summed E-state index contributed by atoms with van der Waals surface area (Å²) in [5.74, 6) is 0. The minimum Gasteiger partial charge on any atom is -0.337 e. The van der Waals surface area contributed by atoms with Gasteiger partial charge in [0.1, 0.15) is 9.79 Å². The quantitative estimate of drug-likeness (QED) is 0.0893. The zero-order valence-electron chi connectivity index (χ0n) is 30.9. The largest absolute Gasteiger partial charge is 0.337 e. The Hall–Kier alpha value is -5.13. The van der Waals surface area contributed by atoms with E-state index in [9.17, 15) is 25.9 Å². The number of rotatable bonds is 11. The molecule has 0 heterocycles. The monoisotopic (exact) mass is 749 g/mol. The molecule has 0 aromatic heterocycles. The fourth-order valence-electron chi connectivity index (χ4n) is 7.47. The van der Waals surface area contributed by atoms with E-state index in [4.69, 9.17) is 0 Å². The Balaban J connectivity index is 1.71. The van der Waals surface area contributed by atoms with E-state index < -0.39 is 20.2 Å². The van der Waals surface area contributed by atoms with E-state index in [0.29, 0.717) is 52.3 Å². The normalized spacial score (nSPS) is 12.9. The van der Waals surface area contributed by atoms with Crippen molar-refractivity contribution in [3.8, 4) is 0 Å². The number of allylic oxidation sites excluding steroid dienone is 5. The third kappa shape index (κ3) is 8.11. The fraction of sp³-hybridized carbons (Fsp3) is 0.186. The van der Waals surface area contributed by atoms with Crippen molar-refractivity contribution in [3.05, 3.63) is 166 Å². The maximum atomic E-state index is 12.7. The van der Waals surface area contributed by atoms with Crippen LogP contribution in [-0.4, -0.2) is 49.3 Å². The second kappa shape index (κ2) is 15.5. The summed E-state index contributed by atoms with van der Waals surface area (Å²) in [7, 11) is -9.09. The first-order chi connectivity index (χ1) is 25.0. The molecule has 1 aliphatic rings. The van der Waals surface area contributed by atoms with Gasteiger partial charge in [0, 0.05) is 46.8 Å². The average Bonchev–Trinajstić information content (AvgIpc) is 3.07. The summed E-state index contributed by atoms with van der Waals surface area (Å²) in [6.45, 7) is 20.3. The smallest absolute Gasteiger partial charge is 0.295 e. The van der Waals surface area contributed by atoms with Gasteiger partial charge in [0.2, 0.25) is 11.4 Å². The van der Waals surface area contributed by atoms with Gasteiger partial charge in [-0.25, -0.2) is 0 Å². The first-order valence-corrected chi connectivity index (χ1v) is 19.9. The SMILES string of the molecule is C=CCN(c1ccc(C(=C2C=CC(=[N+](CC=C)c3c(C)cc(C)cc3C)C=C2)c2ccccc2S(=O)(=O)O)cc1)c1c(C)cc(C)c(S(=O)(=O)O)c1C. The standard InChI is InChI=1S/C43H44N2O6S2/c1-9-23-44(41-29(4)25-28(3)26-30(41)5)36-19-15-34(16-20-36)40(38-13-11-12-14-39(38)52(46,47)48)35-17-21-37(22-18-35)45(24-10-2)42-31(6)27-32(7)43(33(42)8)53(49,50)51/h9-22,25-27H,1-2,23-24H2,3-8H3,(H-,46,47,48,49,50,51)/p+1. The number of hydrogen-bond donors (Lipinski definition) is 2. The van der Waals surface area contributed by atoms with Gasteiger partial charge in [-0.2, -0.15) is 21.4 Å². The van der Waals surface area contributed by atoms with Crippen LogP contribution in [0.25, 0.3) is 5.57 Å². The lowest BCUT2D eigenvalue weighted by atomic mass is 9.90. The highest BCUT2D eigenvalue weighted by Crippen LogP contribution is 2.39. The van der Waals surface area contributed by atoms with Crippen LogP contribution in [0.2, 0.25) is 0 Å². The number of anilines is 2. The van der Waals surface area contributed by atoms with Gasteiger partial charge in [-0.15, -0.1) is 6.58 Å². The Labute approximate surface area is 313 Å². The van der Waals surface area contributed by atoms with E-state index in [-0.39, 0.29) is 9.79 Å². The number of hydrogen-bond acceptors (Lipinski definition) is 5. The lowest BCUT2D eigenvalue weighted by Crippen LogP contribution is -2.20. The van der Waals surface area contributed by atoms with Gasteiger partial charge in [0.25, 0.3) is 20.2 Å². The van der Waals surface area contributed by atoms with Gasteiger partial charge >= 0.3 is 0 Å². The molecule has 4 aromatic carbocycles. The van der Waals surface area contributed by atoms with Gasteiger partial charge < -0.3 is 4.90 Å². The summed E-state index contributed by atoms with van der Waals surface area (Å²) in [6, 6.07) is 19.8. The molecule has 4 aromatic rings. The topological polar surface area (TPSA) is 115 Å². The van der Waals surface area contributed by atoms with E-state index >= 15 is 0 Å². The second-order valence-electron chi connectivity index (χ2n) is 13.3. The Morgan fingerprint density at radius 1 is 0.736 bits per heavy atom. The highest BCUT2D eigenvalue weighted by atomic mass is 32.2. The first-order valence-electron chi connectivity index (χ1n) is 17.1. The summed E-state index contributed by atoms with van der Waals surface area (Å²) in [5.41, 5.74) is 10.8. The van der Waals surface area contributed by atoms with Crippen molar-refractivity contribution in [2.24, 2.45) is 0 Å². The predicted molar refractivity (Wildman–Crippen MR) is 215 cm³/mol. The molecule has 0 fully saturated rings. The van der Waals surface area contributed by atoms with Crippen molar-refractivity contribution >= 4 is 48.6 Å². The molecular weight excluding hydrogens is 705 g/mol. The summed E-state index contributed by atoms with van der Waals surface area (Å²) in [5, 5.41) is 0. The molecule has 0 amide bonds. The van der Waals surface area contributed by atoms with E-state index in [1.54, 1.807) is 44.2 Å². The molecule has 274 valence electrons. The molecule has 1 aliphatic carbocycles. The van der Waals surface area contributed by atoms with Crippen molar-refractivity contribution in [1.29, 1.82) is 0 Å². The van der Waals surface area contributed by atoms with Crippen molar-refractivity contribution in [2.45, 2.75) is 51.3 Å². The van der Waals surface area contributed by atoms with Crippen LogP contribution >= 0.6 is 0 Å². The highest BCUT2D eigenvalue weighted by Gasteiger charge is 2.26. The molecule has 8 nitrogen and oxygen atoms in total. The Kier molecular flexibility index (Phi) is 11.4. The highest BCUT2D eigenvalue weighted by molar-refractivity contribution is 7.86. The van der Waals surface area contributed by atoms with E-state index in [0.717, 1.165) is 33.7 Å². The molecule has 0 spiro atoms. The summed E-state index contributed by atoms with van der Waals surface area (Å²) < 4.78 is 72.7. The van der Waals surface area contributed by atoms with Crippen LogP contribution in [0.4, 0.5) is 17.1 Å². The van der Waals surface area contributed by atoms with Gasteiger partial charge in [-0.3, -0.25) is 9.11 Å². The third-order valence-electron chi connectivity index (χ3n) is 9.29. The van der Waals surface area contributed by atoms with Crippen LogP contribution in [0.15, 0.2) is 132 Å². The van der Waals surface area contributed by atoms with Crippen molar-refractivity contribution in [2.75, 3.05) is 18.0 Å². The minimum absolute atomic E-state index is 0.135. The summed E-state index contributed by atoms with van der Waals surface area (Å²) >= 11 is 0. The predicted octanol–water partition coefficient (Wildman–Crippen LogP) is 9.25. The zero-order valence-corrected chi connectivity index (χ0v) is 32.5. The first kappa shape index (κ1) is 39.1. The minimum atomic E-state index is -4.60. The molecular formula is C43H45N2O6S2+. The zero-order chi connectivity index (χ0) is 38.8. The van der Waals surface area contributed by atoms with Crippen LogP contribution in [-0.2, 0) is 20.2 Å². The van der Waals surface area contributed by atoms with Crippen LogP contribution < -0.4 is 4.90 Å². The Morgan fingerprint density at radius 3 is 1.89 bits per heavy atom. The van der Waals surface area contributed by atoms with Gasteiger partial charge in [0.15, 0.2) is 6.54 Å². The average molecular weight is 750 g/mol. The Morgan fingerprint density at radius 2 is 1.34 bits per heavy atom. The molecule has 5 rings (SSSR count).